The molecule has 1 rings (SSSR count). The van der Waals surface area contributed by atoms with Gasteiger partial charge in [-0.05, 0) is 0 Å². The van der Waals surface area contributed by atoms with Crippen LogP contribution in [0.4, 0.5) is 0 Å². The van der Waals surface area contributed by atoms with Gasteiger partial charge in [-0.2, -0.15) is 4.31 Å². The van der Waals surface area contributed by atoms with Gasteiger partial charge in [-0.15, -0.1) is 0 Å². The third-order valence-corrected chi connectivity index (χ3v) is 2.72. The van der Waals surface area contributed by atoms with Crippen molar-refractivity contribution in [3.8, 4) is 0 Å². The van der Waals surface area contributed by atoms with E-state index in [1.807, 2.05) is 0 Å². The van der Waals surface area contributed by atoms with Gasteiger partial charge in [-0.25, -0.2) is 13.4 Å². The molecule has 0 unspecified atom stereocenters. The number of rotatable bonds is 2. The topological polar surface area (TPSA) is 63.4 Å². The molecule has 1 heterocycles. The number of oxazole rings is 1. The molecule has 5 nitrogen and oxygen atoms in total. The number of aromatic nitrogens is 1. The quantitative estimate of drug-likeness (QED) is 0.632. The van der Waals surface area contributed by atoms with Crippen LogP contribution in [0.2, 0.25) is 0 Å². The average molecular weight is 176 g/mol. The van der Waals surface area contributed by atoms with Crippen molar-refractivity contribution in [2.24, 2.45) is 0 Å². The van der Waals surface area contributed by atoms with Gasteiger partial charge in [0.25, 0.3) is 10.0 Å². The summed E-state index contributed by atoms with van der Waals surface area (Å²) in [5.41, 5.74) is 0. The fourth-order valence-electron chi connectivity index (χ4n) is 0.494. The molecule has 0 N–H and O–H groups in total. The summed E-state index contributed by atoms with van der Waals surface area (Å²) < 4.78 is 28.0. The Labute approximate surface area is 64.7 Å². The molecule has 0 saturated heterocycles. The van der Waals surface area contributed by atoms with Crippen LogP contribution in [0, 0.1) is 0 Å². The van der Waals surface area contributed by atoms with Crippen molar-refractivity contribution < 1.29 is 12.8 Å². The first kappa shape index (κ1) is 8.22. The minimum absolute atomic E-state index is 0.275. The standard InChI is InChI=1S/C5H8N2O3S/c1-7(2)11(8,9)5-6-3-4-10-5/h3-4H,1-2H3. The highest BCUT2D eigenvalue weighted by Gasteiger charge is 2.21. The molecule has 6 heteroatoms. The lowest BCUT2D eigenvalue weighted by Gasteiger charge is -2.05. The molecule has 0 aliphatic heterocycles. The highest BCUT2D eigenvalue weighted by atomic mass is 32.2. The maximum absolute atomic E-state index is 11.2. The third kappa shape index (κ3) is 1.41. The highest BCUT2D eigenvalue weighted by molar-refractivity contribution is 7.88. The van der Waals surface area contributed by atoms with Crippen molar-refractivity contribution in [1.29, 1.82) is 0 Å². The molecule has 0 amide bonds. The number of hydrogen-bond donors (Lipinski definition) is 0. The highest BCUT2D eigenvalue weighted by Crippen LogP contribution is 2.08. The normalized spacial score (nSPS) is 12.3. The Kier molecular flexibility index (Phi) is 1.97. The molecule has 0 aromatic carbocycles. The van der Waals surface area contributed by atoms with Crippen molar-refractivity contribution in [2.75, 3.05) is 14.1 Å². The summed E-state index contributed by atoms with van der Waals surface area (Å²) in [6.45, 7) is 0. The second kappa shape index (κ2) is 2.63. The van der Waals surface area contributed by atoms with E-state index in [9.17, 15) is 8.42 Å². The summed E-state index contributed by atoms with van der Waals surface area (Å²) in [5.74, 6) is 0. The molecular formula is C5H8N2O3S. The molecule has 0 spiro atoms. The van der Waals surface area contributed by atoms with Crippen LogP contribution >= 0.6 is 0 Å². The summed E-state index contributed by atoms with van der Waals surface area (Å²) >= 11 is 0. The van der Waals surface area contributed by atoms with Crippen molar-refractivity contribution in [3.63, 3.8) is 0 Å². The van der Waals surface area contributed by atoms with E-state index in [-0.39, 0.29) is 5.22 Å². The Morgan fingerprint density at radius 2 is 2.18 bits per heavy atom. The van der Waals surface area contributed by atoms with Crippen LogP contribution in [0.3, 0.4) is 0 Å². The molecular weight excluding hydrogens is 168 g/mol. The van der Waals surface area contributed by atoms with Gasteiger partial charge in [0.2, 0.25) is 0 Å². The maximum Gasteiger partial charge on any atom is 0.330 e. The largest absolute Gasteiger partial charge is 0.436 e. The van der Waals surface area contributed by atoms with Crippen LogP contribution in [0.5, 0.6) is 0 Å². The molecule has 0 radical (unpaired) electrons. The minimum atomic E-state index is -3.48. The maximum atomic E-state index is 11.2. The Hall–Kier alpha value is -0.880. The molecule has 0 bridgehead atoms. The van der Waals surface area contributed by atoms with Crippen molar-refractivity contribution >= 4 is 10.0 Å². The van der Waals surface area contributed by atoms with Gasteiger partial charge < -0.3 is 4.42 Å². The molecule has 0 fully saturated rings. The lowest BCUT2D eigenvalue weighted by molar-refractivity contribution is 0.408. The number of sulfonamides is 1. The van der Waals surface area contributed by atoms with Gasteiger partial charge in [0.15, 0.2) is 0 Å². The van der Waals surface area contributed by atoms with Crippen LogP contribution in [0.1, 0.15) is 0 Å². The SMILES string of the molecule is CN(C)S(=O)(=O)c1ncco1. The molecule has 1 aromatic heterocycles. The van der Waals surface area contributed by atoms with Crippen molar-refractivity contribution in [3.05, 3.63) is 12.5 Å². The summed E-state index contributed by atoms with van der Waals surface area (Å²) in [5, 5.41) is -0.275. The van der Waals surface area contributed by atoms with E-state index in [4.69, 9.17) is 0 Å². The monoisotopic (exact) mass is 176 g/mol. The molecule has 11 heavy (non-hydrogen) atoms. The van der Waals surface area contributed by atoms with Crippen molar-refractivity contribution in [2.45, 2.75) is 5.22 Å². The summed E-state index contributed by atoms with van der Waals surface area (Å²) in [6, 6.07) is 0. The minimum Gasteiger partial charge on any atom is -0.436 e. The first-order chi connectivity index (χ1) is 5.05. The van der Waals surface area contributed by atoms with Gasteiger partial charge in [0, 0.05) is 14.1 Å². The first-order valence-electron chi connectivity index (χ1n) is 2.87. The Morgan fingerprint density at radius 1 is 1.55 bits per heavy atom. The third-order valence-electron chi connectivity index (χ3n) is 1.11. The Balaban J connectivity index is 3.12. The van der Waals surface area contributed by atoms with Crippen LogP contribution < -0.4 is 0 Å². The predicted molar refractivity (Wildman–Crippen MR) is 37.4 cm³/mol. The summed E-state index contributed by atoms with van der Waals surface area (Å²) in [4.78, 5) is 3.51. The van der Waals surface area contributed by atoms with E-state index < -0.39 is 10.0 Å². The molecule has 62 valence electrons. The van der Waals surface area contributed by atoms with E-state index in [1.165, 1.54) is 26.6 Å². The molecule has 0 atom stereocenters. The number of hydrogen-bond acceptors (Lipinski definition) is 4. The van der Waals surface area contributed by atoms with Gasteiger partial charge in [-0.3, -0.25) is 0 Å². The van der Waals surface area contributed by atoms with Crippen LogP contribution in [0.15, 0.2) is 22.1 Å². The fraction of sp³-hybridized carbons (Fsp3) is 0.400. The van der Waals surface area contributed by atoms with E-state index in [0.717, 1.165) is 4.31 Å². The average Bonchev–Trinajstić information content (AvgIpc) is 2.37. The van der Waals surface area contributed by atoms with Crippen LogP contribution in [-0.2, 0) is 10.0 Å². The van der Waals surface area contributed by atoms with E-state index in [2.05, 4.69) is 9.40 Å². The summed E-state index contributed by atoms with van der Waals surface area (Å²) in [7, 11) is -0.646. The fourth-order valence-corrected chi connectivity index (χ4v) is 1.18. The van der Waals surface area contributed by atoms with Crippen molar-refractivity contribution in [1.82, 2.24) is 9.29 Å². The zero-order chi connectivity index (χ0) is 8.48. The van der Waals surface area contributed by atoms with Crippen LogP contribution in [-0.4, -0.2) is 31.8 Å². The Bertz CT molecular complexity index is 314. The molecule has 1 aromatic rings. The molecule has 0 saturated carbocycles. The van der Waals surface area contributed by atoms with Gasteiger partial charge >= 0.3 is 5.22 Å². The second-order valence-electron chi connectivity index (χ2n) is 2.09. The zero-order valence-corrected chi connectivity index (χ0v) is 7.00. The lowest BCUT2D eigenvalue weighted by Crippen LogP contribution is -2.22. The molecule has 0 aliphatic carbocycles. The molecule has 0 aliphatic rings. The smallest absolute Gasteiger partial charge is 0.330 e. The second-order valence-corrected chi connectivity index (χ2v) is 4.12. The van der Waals surface area contributed by atoms with E-state index in [0.29, 0.717) is 0 Å². The summed E-state index contributed by atoms with van der Waals surface area (Å²) in [6.07, 6.45) is 2.51. The zero-order valence-electron chi connectivity index (χ0n) is 6.18. The first-order valence-corrected chi connectivity index (χ1v) is 4.31. The van der Waals surface area contributed by atoms with E-state index >= 15 is 0 Å². The van der Waals surface area contributed by atoms with Crippen LogP contribution in [0.25, 0.3) is 0 Å². The van der Waals surface area contributed by atoms with E-state index in [1.54, 1.807) is 0 Å². The van der Waals surface area contributed by atoms with Gasteiger partial charge in [0.05, 0.1) is 6.20 Å². The van der Waals surface area contributed by atoms with Gasteiger partial charge in [0.1, 0.15) is 6.26 Å². The predicted octanol–water partition coefficient (Wildman–Crippen LogP) is -0.0751. The van der Waals surface area contributed by atoms with Gasteiger partial charge in [-0.1, -0.05) is 0 Å². The Morgan fingerprint density at radius 3 is 2.55 bits per heavy atom. The lowest BCUT2D eigenvalue weighted by atomic mass is 11.0. The number of nitrogens with zero attached hydrogens (tertiary/aromatic N) is 2.